The van der Waals surface area contributed by atoms with Crippen molar-refractivity contribution in [3.05, 3.63) is 24.3 Å². The average Bonchev–Trinajstić information content (AvgIpc) is 3.08. The number of methoxy groups -OCH3 is 1. The molecule has 1 aliphatic heterocycles. The number of aromatic nitrogens is 4. The third kappa shape index (κ3) is 3.95. The highest BCUT2D eigenvalue weighted by Crippen LogP contribution is 2.25. The van der Waals surface area contributed by atoms with Gasteiger partial charge in [-0.1, -0.05) is 17.8 Å². The van der Waals surface area contributed by atoms with Gasteiger partial charge in [-0.2, -0.15) is 4.68 Å². The van der Waals surface area contributed by atoms with Gasteiger partial charge in [0.25, 0.3) is 0 Å². The van der Waals surface area contributed by atoms with Crippen molar-refractivity contribution in [2.45, 2.75) is 50.4 Å². The van der Waals surface area contributed by atoms with Crippen LogP contribution < -0.4 is 4.74 Å². The number of hydrogen-bond donors (Lipinski definition) is 0. The van der Waals surface area contributed by atoms with E-state index in [1.165, 1.54) is 18.2 Å². The highest BCUT2D eigenvalue weighted by atomic mass is 32.2. The predicted molar refractivity (Wildman–Crippen MR) is 96.1 cm³/mol. The summed E-state index contributed by atoms with van der Waals surface area (Å²) in [5, 5.41) is 12.4. The number of piperidine rings is 1. The van der Waals surface area contributed by atoms with E-state index in [1.807, 2.05) is 29.2 Å². The van der Waals surface area contributed by atoms with E-state index in [-0.39, 0.29) is 5.91 Å². The van der Waals surface area contributed by atoms with Crippen LogP contribution in [0, 0.1) is 0 Å². The largest absolute Gasteiger partial charge is 0.497 e. The van der Waals surface area contributed by atoms with Crippen molar-refractivity contribution in [1.82, 2.24) is 25.1 Å². The van der Waals surface area contributed by atoms with Crippen molar-refractivity contribution in [2.24, 2.45) is 0 Å². The van der Waals surface area contributed by atoms with Crippen molar-refractivity contribution in [3.8, 4) is 11.4 Å². The maximum Gasteiger partial charge on any atom is 0.233 e. The molecule has 0 unspecified atom stereocenters. The normalized spacial score (nSPS) is 20.5. The van der Waals surface area contributed by atoms with Crippen LogP contribution in [0.25, 0.3) is 5.69 Å². The molecule has 0 saturated carbocycles. The van der Waals surface area contributed by atoms with Gasteiger partial charge in [0.05, 0.1) is 18.6 Å². The Bertz CT molecular complexity index is 725. The van der Waals surface area contributed by atoms with Gasteiger partial charge < -0.3 is 9.64 Å². The molecule has 134 valence electrons. The number of tetrazole rings is 1. The fraction of sp³-hybridized carbons (Fsp3) is 0.529. The van der Waals surface area contributed by atoms with Gasteiger partial charge in [0, 0.05) is 18.2 Å². The highest BCUT2D eigenvalue weighted by Gasteiger charge is 2.29. The third-order valence-electron chi connectivity index (χ3n) is 4.55. The van der Waals surface area contributed by atoms with Gasteiger partial charge in [-0.3, -0.25) is 4.79 Å². The number of ether oxygens (including phenoxy) is 1. The van der Waals surface area contributed by atoms with E-state index in [4.69, 9.17) is 4.74 Å². The van der Waals surface area contributed by atoms with Crippen LogP contribution in [0.1, 0.15) is 33.1 Å². The van der Waals surface area contributed by atoms with Crippen molar-refractivity contribution in [3.63, 3.8) is 0 Å². The Morgan fingerprint density at radius 3 is 2.80 bits per heavy atom. The molecule has 1 aliphatic rings. The molecule has 2 atom stereocenters. The zero-order chi connectivity index (χ0) is 17.8. The summed E-state index contributed by atoms with van der Waals surface area (Å²) < 4.78 is 6.87. The lowest BCUT2D eigenvalue weighted by molar-refractivity contribution is -0.134. The Morgan fingerprint density at radius 1 is 1.32 bits per heavy atom. The minimum Gasteiger partial charge on any atom is -0.497 e. The molecule has 1 aromatic carbocycles. The van der Waals surface area contributed by atoms with E-state index in [9.17, 15) is 4.79 Å². The topological polar surface area (TPSA) is 73.1 Å². The molecule has 1 amide bonds. The number of likely N-dealkylation sites (tertiary alicyclic amines) is 1. The van der Waals surface area contributed by atoms with Gasteiger partial charge in [0.15, 0.2) is 0 Å². The summed E-state index contributed by atoms with van der Waals surface area (Å²) in [6.45, 7) is 4.25. The molecule has 0 aliphatic carbocycles. The van der Waals surface area contributed by atoms with Crippen molar-refractivity contribution < 1.29 is 9.53 Å². The fourth-order valence-corrected chi connectivity index (χ4v) is 4.05. The average molecular weight is 361 g/mol. The highest BCUT2D eigenvalue weighted by molar-refractivity contribution is 7.99. The smallest absolute Gasteiger partial charge is 0.233 e. The molecule has 2 aromatic rings. The van der Waals surface area contributed by atoms with Crippen LogP contribution in [0.15, 0.2) is 29.4 Å². The van der Waals surface area contributed by atoms with Crippen LogP contribution in [0.4, 0.5) is 0 Å². The molecule has 25 heavy (non-hydrogen) atoms. The molecule has 1 fully saturated rings. The summed E-state index contributed by atoms with van der Waals surface area (Å²) in [7, 11) is 1.62. The Kier molecular flexibility index (Phi) is 5.57. The lowest BCUT2D eigenvalue weighted by Crippen LogP contribution is -2.48. The quantitative estimate of drug-likeness (QED) is 0.762. The Balaban J connectivity index is 1.70. The van der Waals surface area contributed by atoms with Crippen LogP contribution in [0.5, 0.6) is 5.75 Å². The van der Waals surface area contributed by atoms with Crippen LogP contribution in [-0.4, -0.2) is 56.0 Å². The number of thioether (sulfide) groups is 1. The van der Waals surface area contributed by atoms with Gasteiger partial charge in [-0.05, 0) is 55.7 Å². The van der Waals surface area contributed by atoms with Gasteiger partial charge in [0.1, 0.15) is 5.75 Å². The van der Waals surface area contributed by atoms with Crippen LogP contribution in [0.2, 0.25) is 0 Å². The van der Waals surface area contributed by atoms with Gasteiger partial charge >= 0.3 is 0 Å². The van der Waals surface area contributed by atoms with Crippen molar-refractivity contribution >= 4 is 17.7 Å². The van der Waals surface area contributed by atoms with Crippen LogP contribution in [0.3, 0.4) is 0 Å². The monoisotopic (exact) mass is 361 g/mol. The number of hydrogen-bond acceptors (Lipinski definition) is 6. The number of carbonyl (C=O) groups is 1. The lowest BCUT2D eigenvalue weighted by atomic mass is 9.98. The van der Waals surface area contributed by atoms with E-state index >= 15 is 0 Å². The van der Waals surface area contributed by atoms with E-state index < -0.39 is 0 Å². The Morgan fingerprint density at radius 2 is 2.08 bits per heavy atom. The Hall–Kier alpha value is -2.09. The molecule has 0 bridgehead atoms. The summed E-state index contributed by atoms with van der Waals surface area (Å²) >= 11 is 1.36. The van der Waals surface area contributed by atoms with Gasteiger partial charge in [-0.25, -0.2) is 0 Å². The summed E-state index contributed by atoms with van der Waals surface area (Å²) in [5.74, 6) is 1.21. The predicted octanol–water partition coefficient (Wildman–Crippen LogP) is 2.55. The van der Waals surface area contributed by atoms with E-state index in [1.54, 1.807) is 11.8 Å². The zero-order valence-corrected chi connectivity index (χ0v) is 15.6. The van der Waals surface area contributed by atoms with Crippen LogP contribution >= 0.6 is 11.8 Å². The second-order valence-electron chi connectivity index (χ2n) is 6.29. The molecule has 1 aromatic heterocycles. The number of nitrogens with zero attached hydrogens (tertiary/aromatic N) is 5. The maximum atomic E-state index is 12.7. The molecule has 0 N–H and O–H groups in total. The number of benzene rings is 1. The van der Waals surface area contributed by atoms with Gasteiger partial charge in [-0.15, -0.1) is 5.10 Å². The molecule has 3 rings (SSSR count). The first-order valence-corrected chi connectivity index (χ1v) is 9.45. The lowest BCUT2D eigenvalue weighted by Gasteiger charge is -2.39. The summed E-state index contributed by atoms with van der Waals surface area (Å²) in [5.41, 5.74) is 0.805. The standard InChI is InChI=1S/C17H23N5O2S/c1-12-6-4-7-13(2)21(12)16(23)11-25-17-18-19-20-22(17)14-8-5-9-15(10-14)24-3/h5,8-10,12-13H,4,6-7,11H2,1-3H3/t12-,13+. The SMILES string of the molecule is COc1cccc(-n2nnnc2SCC(=O)N2[C@H](C)CCC[C@@H]2C)c1. The second-order valence-corrected chi connectivity index (χ2v) is 7.24. The van der Waals surface area contributed by atoms with Crippen molar-refractivity contribution in [1.29, 1.82) is 0 Å². The Labute approximate surface area is 151 Å². The molecular weight excluding hydrogens is 338 g/mol. The first-order chi connectivity index (χ1) is 12.1. The minimum atomic E-state index is 0.143. The molecule has 2 heterocycles. The van der Waals surface area contributed by atoms with Crippen LogP contribution in [-0.2, 0) is 4.79 Å². The fourth-order valence-electron chi connectivity index (χ4n) is 3.29. The molecule has 0 radical (unpaired) electrons. The summed E-state index contributed by atoms with van der Waals surface area (Å²) in [6.07, 6.45) is 3.33. The van der Waals surface area contributed by atoms with Gasteiger partial charge in [0.2, 0.25) is 11.1 Å². The summed E-state index contributed by atoms with van der Waals surface area (Å²) in [4.78, 5) is 14.7. The minimum absolute atomic E-state index is 0.143. The molecule has 0 spiro atoms. The first kappa shape index (κ1) is 17.7. The summed E-state index contributed by atoms with van der Waals surface area (Å²) in [6, 6.07) is 8.10. The first-order valence-electron chi connectivity index (χ1n) is 8.47. The second kappa shape index (κ2) is 7.86. The van der Waals surface area contributed by atoms with E-state index in [0.717, 1.165) is 24.3 Å². The molecule has 1 saturated heterocycles. The van der Waals surface area contributed by atoms with E-state index in [2.05, 4.69) is 29.4 Å². The molecule has 8 heteroatoms. The third-order valence-corrected chi connectivity index (χ3v) is 5.45. The number of amides is 1. The maximum absolute atomic E-state index is 12.7. The van der Waals surface area contributed by atoms with E-state index in [0.29, 0.717) is 23.0 Å². The molecular formula is C17H23N5O2S. The number of rotatable bonds is 5. The molecule has 7 nitrogen and oxygen atoms in total. The zero-order valence-electron chi connectivity index (χ0n) is 14.8. The van der Waals surface area contributed by atoms with Crippen molar-refractivity contribution in [2.75, 3.05) is 12.9 Å². The number of carbonyl (C=O) groups excluding carboxylic acids is 1.